The average molecular weight is 360 g/mol. The highest BCUT2D eigenvalue weighted by Gasteiger charge is 2.42. The Morgan fingerprint density at radius 3 is 2.92 bits per heavy atom. The van der Waals surface area contributed by atoms with Gasteiger partial charge in [0.2, 0.25) is 0 Å². The van der Waals surface area contributed by atoms with E-state index in [-0.39, 0.29) is 0 Å². The predicted octanol–water partition coefficient (Wildman–Crippen LogP) is 3.27. The van der Waals surface area contributed by atoms with Gasteiger partial charge in [-0.1, -0.05) is 32.0 Å². The van der Waals surface area contributed by atoms with Gasteiger partial charge in [0.15, 0.2) is 5.96 Å². The van der Waals surface area contributed by atoms with Crippen molar-refractivity contribution in [1.82, 2.24) is 10.2 Å². The molecule has 0 bridgehead atoms. The van der Waals surface area contributed by atoms with E-state index in [0.29, 0.717) is 24.5 Å². The minimum absolute atomic E-state index is 0.350. The summed E-state index contributed by atoms with van der Waals surface area (Å²) in [5, 5.41) is 3.44. The summed E-state index contributed by atoms with van der Waals surface area (Å²) in [6.45, 7) is 12.6. The van der Waals surface area contributed by atoms with Crippen molar-refractivity contribution in [2.75, 3.05) is 46.0 Å². The Kier molecular flexibility index (Phi) is 6.41. The second-order valence-electron chi connectivity index (χ2n) is 7.75. The molecule has 0 radical (unpaired) electrons. The number of aliphatic imine (C=N–C) groups is 1. The van der Waals surface area contributed by atoms with Gasteiger partial charge in [0.25, 0.3) is 0 Å². The number of para-hydroxylation sites is 1. The van der Waals surface area contributed by atoms with Crippen LogP contribution >= 0.6 is 0 Å². The lowest BCUT2D eigenvalue weighted by Gasteiger charge is -2.25. The summed E-state index contributed by atoms with van der Waals surface area (Å²) >= 11 is 0. The lowest BCUT2D eigenvalue weighted by atomic mass is 9.87. The normalized spacial score (nSPS) is 23.2. The van der Waals surface area contributed by atoms with Crippen LogP contribution in [0.1, 0.15) is 45.1 Å². The van der Waals surface area contributed by atoms with Crippen LogP contribution in [0, 0.1) is 5.41 Å². The summed E-state index contributed by atoms with van der Waals surface area (Å²) < 4.78 is 11.7. The Bertz CT molecular complexity index is 609. The van der Waals surface area contributed by atoms with Gasteiger partial charge in [-0.3, -0.25) is 0 Å². The maximum Gasteiger partial charge on any atom is 0.194 e. The molecule has 1 N–H and O–H groups in total. The third-order valence-corrected chi connectivity index (χ3v) is 5.41. The van der Waals surface area contributed by atoms with Crippen molar-refractivity contribution in [3.8, 4) is 5.75 Å². The van der Waals surface area contributed by atoms with E-state index in [1.54, 1.807) is 0 Å². The molecule has 144 valence electrons. The number of nitrogens with one attached hydrogen (secondary N) is 1. The maximum atomic E-state index is 6.01. The van der Waals surface area contributed by atoms with Crippen molar-refractivity contribution in [3.63, 3.8) is 0 Å². The molecule has 3 rings (SSSR count). The Labute approximate surface area is 157 Å². The molecule has 0 saturated carbocycles. The van der Waals surface area contributed by atoms with Crippen LogP contribution in [0.2, 0.25) is 0 Å². The number of hydrogen-bond acceptors (Lipinski definition) is 3. The highest BCUT2D eigenvalue weighted by atomic mass is 16.5. The molecule has 2 saturated heterocycles. The van der Waals surface area contributed by atoms with Gasteiger partial charge < -0.3 is 19.7 Å². The molecule has 1 atom stereocenters. The van der Waals surface area contributed by atoms with Gasteiger partial charge in [-0.15, -0.1) is 0 Å². The second kappa shape index (κ2) is 8.76. The first-order valence-corrected chi connectivity index (χ1v) is 9.96. The lowest BCUT2D eigenvalue weighted by Crippen LogP contribution is -2.41. The summed E-state index contributed by atoms with van der Waals surface area (Å²) in [6, 6.07) is 8.29. The minimum atomic E-state index is 0.350. The minimum Gasteiger partial charge on any atom is -0.491 e. The maximum absolute atomic E-state index is 6.01. The number of guanidine groups is 1. The number of hydrogen-bond donors (Lipinski definition) is 1. The molecule has 2 aliphatic heterocycles. The molecule has 2 aliphatic rings. The average Bonchev–Trinajstić information content (AvgIpc) is 3.28. The van der Waals surface area contributed by atoms with Crippen LogP contribution in [-0.4, -0.2) is 56.9 Å². The lowest BCUT2D eigenvalue weighted by molar-refractivity contribution is 0.156. The van der Waals surface area contributed by atoms with E-state index in [1.807, 2.05) is 6.07 Å². The molecule has 1 spiro atoms. The third kappa shape index (κ3) is 4.50. The van der Waals surface area contributed by atoms with Gasteiger partial charge >= 0.3 is 0 Å². The molecule has 1 unspecified atom stereocenters. The fraction of sp³-hybridized carbons (Fsp3) is 0.667. The van der Waals surface area contributed by atoms with Crippen LogP contribution in [-0.2, 0) is 4.74 Å². The van der Waals surface area contributed by atoms with Crippen molar-refractivity contribution < 1.29 is 9.47 Å². The number of benzene rings is 1. The molecule has 5 heteroatoms. The molecule has 1 aromatic rings. The van der Waals surface area contributed by atoms with E-state index in [0.717, 1.165) is 44.6 Å². The van der Waals surface area contributed by atoms with Crippen LogP contribution in [0.15, 0.2) is 29.3 Å². The van der Waals surface area contributed by atoms with Crippen molar-refractivity contribution in [2.24, 2.45) is 10.4 Å². The van der Waals surface area contributed by atoms with Gasteiger partial charge in [-0.25, -0.2) is 4.99 Å². The molecular formula is C21H33N3O2. The molecule has 26 heavy (non-hydrogen) atoms. The Morgan fingerprint density at radius 1 is 1.35 bits per heavy atom. The monoisotopic (exact) mass is 359 g/mol. The van der Waals surface area contributed by atoms with Crippen molar-refractivity contribution in [2.45, 2.75) is 39.5 Å². The highest BCUT2D eigenvalue weighted by molar-refractivity contribution is 5.80. The fourth-order valence-electron chi connectivity index (χ4n) is 3.91. The molecular weight excluding hydrogens is 326 g/mol. The smallest absolute Gasteiger partial charge is 0.194 e. The van der Waals surface area contributed by atoms with E-state index < -0.39 is 0 Å². The number of rotatable bonds is 6. The largest absolute Gasteiger partial charge is 0.491 e. The van der Waals surface area contributed by atoms with Crippen LogP contribution in [0.3, 0.4) is 0 Å². The molecule has 1 aromatic carbocycles. The summed E-state index contributed by atoms with van der Waals surface area (Å²) in [5.74, 6) is 2.45. The van der Waals surface area contributed by atoms with E-state index in [9.17, 15) is 0 Å². The summed E-state index contributed by atoms with van der Waals surface area (Å²) in [5.41, 5.74) is 1.61. The summed E-state index contributed by atoms with van der Waals surface area (Å²) in [6.07, 6.45) is 2.38. The van der Waals surface area contributed by atoms with Gasteiger partial charge in [-0.05, 0) is 37.3 Å². The van der Waals surface area contributed by atoms with Gasteiger partial charge in [0.1, 0.15) is 12.4 Å². The zero-order chi connectivity index (χ0) is 18.4. The predicted molar refractivity (Wildman–Crippen MR) is 106 cm³/mol. The first-order chi connectivity index (χ1) is 12.6. The molecule has 0 aromatic heterocycles. The van der Waals surface area contributed by atoms with Crippen molar-refractivity contribution >= 4 is 5.96 Å². The van der Waals surface area contributed by atoms with E-state index in [2.05, 4.69) is 49.2 Å². The third-order valence-electron chi connectivity index (χ3n) is 5.41. The molecule has 0 amide bonds. The van der Waals surface area contributed by atoms with Crippen LogP contribution in [0.5, 0.6) is 5.75 Å². The SMILES string of the molecule is CCNC(=NCCOc1ccccc1C(C)C)N1CCC2(CCOC2)C1. The Balaban J connectivity index is 1.55. The molecule has 2 heterocycles. The van der Waals surface area contributed by atoms with Gasteiger partial charge in [0, 0.05) is 31.7 Å². The zero-order valence-corrected chi connectivity index (χ0v) is 16.5. The van der Waals surface area contributed by atoms with Crippen molar-refractivity contribution in [3.05, 3.63) is 29.8 Å². The van der Waals surface area contributed by atoms with Crippen LogP contribution in [0.4, 0.5) is 0 Å². The highest BCUT2D eigenvalue weighted by Crippen LogP contribution is 2.38. The molecule has 0 aliphatic carbocycles. The van der Waals surface area contributed by atoms with E-state index in [4.69, 9.17) is 14.5 Å². The fourth-order valence-corrected chi connectivity index (χ4v) is 3.91. The van der Waals surface area contributed by atoms with Crippen LogP contribution in [0.25, 0.3) is 0 Å². The van der Waals surface area contributed by atoms with Crippen LogP contribution < -0.4 is 10.1 Å². The number of likely N-dealkylation sites (tertiary alicyclic amines) is 1. The van der Waals surface area contributed by atoms with Gasteiger partial charge in [0.05, 0.1) is 13.2 Å². The summed E-state index contributed by atoms with van der Waals surface area (Å²) in [7, 11) is 0. The Morgan fingerprint density at radius 2 is 2.19 bits per heavy atom. The van der Waals surface area contributed by atoms with E-state index >= 15 is 0 Å². The summed E-state index contributed by atoms with van der Waals surface area (Å²) in [4.78, 5) is 7.19. The topological polar surface area (TPSA) is 46.1 Å². The standard InChI is InChI=1S/C21H33N3O2/c1-4-22-20(24-12-9-21(15-24)10-13-25-16-21)23-11-14-26-19-8-6-5-7-18(19)17(2)3/h5-8,17H,4,9-16H2,1-3H3,(H,22,23). The number of nitrogens with zero attached hydrogens (tertiary/aromatic N) is 2. The first kappa shape index (κ1) is 19.0. The zero-order valence-electron chi connectivity index (χ0n) is 16.5. The second-order valence-corrected chi connectivity index (χ2v) is 7.75. The van der Waals surface area contributed by atoms with E-state index in [1.165, 1.54) is 18.4 Å². The number of ether oxygens (including phenoxy) is 2. The van der Waals surface area contributed by atoms with Gasteiger partial charge in [-0.2, -0.15) is 0 Å². The van der Waals surface area contributed by atoms with Crippen molar-refractivity contribution in [1.29, 1.82) is 0 Å². The molecule has 2 fully saturated rings. The quantitative estimate of drug-likeness (QED) is 0.481. The Hall–Kier alpha value is -1.75. The first-order valence-electron chi connectivity index (χ1n) is 9.96. The molecule has 5 nitrogen and oxygen atoms in total.